The van der Waals surface area contributed by atoms with Gasteiger partial charge >= 0.3 is 0 Å². The Kier molecular flexibility index (Phi) is 1.94. The van der Waals surface area contributed by atoms with E-state index in [4.69, 9.17) is 11.6 Å². The number of benzene rings is 1. The molecule has 2 rings (SSSR count). The quantitative estimate of drug-likeness (QED) is 0.756. The van der Waals surface area contributed by atoms with Gasteiger partial charge in [-0.2, -0.15) is 5.10 Å². The van der Waals surface area contributed by atoms with Crippen LogP contribution in [0.25, 0.3) is 5.69 Å². The molecule has 1 heterocycles. The number of nitrogens with zero attached hydrogens (tertiary/aromatic N) is 2. The van der Waals surface area contributed by atoms with E-state index in [0.717, 1.165) is 0 Å². The van der Waals surface area contributed by atoms with Crippen molar-refractivity contribution >= 4 is 11.6 Å². The lowest BCUT2D eigenvalue weighted by atomic mass is 10.3. The van der Waals surface area contributed by atoms with Gasteiger partial charge in [-0.3, -0.25) is 0 Å². The van der Waals surface area contributed by atoms with Gasteiger partial charge in [0, 0.05) is 6.20 Å². The number of aromatic hydroxyl groups is 1. The van der Waals surface area contributed by atoms with Gasteiger partial charge in [0.05, 0.1) is 11.2 Å². The Morgan fingerprint density at radius 1 is 1.31 bits per heavy atom. The summed E-state index contributed by atoms with van der Waals surface area (Å²) in [5.41, 5.74) is 0.620. The summed E-state index contributed by atoms with van der Waals surface area (Å²) in [5, 5.41) is 14.0. The molecule has 13 heavy (non-hydrogen) atoms. The van der Waals surface area contributed by atoms with Crippen LogP contribution in [0.2, 0.25) is 5.02 Å². The van der Waals surface area contributed by atoms with Gasteiger partial charge < -0.3 is 5.11 Å². The zero-order valence-corrected chi connectivity index (χ0v) is 7.44. The van der Waals surface area contributed by atoms with Crippen LogP contribution in [0, 0.1) is 0 Å². The second kappa shape index (κ2) is 3.11. The van der Waals surface area contributed by atoms with Crippen LogP contribution in [0.5, 0.6) is 5.75 Å². The lowest BCUT2D eigenvalue weighted by Gasteiger charge is -2.02. The van der Waals surface area contributed by atoms with Crippen molar-refractivity contribution in [1.29, 1.82) is 0 Å². The van der Waals surface area contributed by atoms with Crippen LogP contribution in [0.1, 0.15) is 0 Å². The van der Waals surface area contributed by atoms with Crippen molar-refractivity contribution in [2.75, 3.05) is 0 Å². The van der Waals surface area contributed by atoms with Crippen molar-refractivity contribution in [3.63, 3.8) is 0 Å². The molecular weight excluding hydrogens is 188 g/mol. The fraction of sp³-hybridized carbons (Fsp3) is 0. The number of hydrogen-bond acceptors (Lipinski definition) is 2. The number of rotatable bonds is 1. The maximum Gasteiger partial charge on any atom is 0.141 e. The summed E-state index contributed by atoms with van der Waals surface area (Å²) in [7, 11) is 0. The van der Waals surface area contributed by atoms with E-state index in [-0.39, 0.29) is 5.75 Å². The summed E-state index contributed by atoms with van der Waals surface area (Å²) in [6.07, 6.45) is 3.16. The second-order valence-corrected chi connectivity index (χ2v) is 3.03. The summed E-state index contributed by atoms with van der Waals surface area (Å²) < 4.78 is 1.53. The van der Waals surface area contributed by atoms with Gasteiger partial charge in [-0.25, -0.2) is 4.68 Å². The molecule has 0 radical (unpaired) electrons. The van der Waals surface area contributed by atoms with E-state index in [1.807, 2.05) is 6.07 Å². The number of halogens is 1. The minimum Gasteiger partial charge on any atom is -0.506 e. The highest BCUT2D eigenvalue weighted by Crippen LogP contribution is 2.20. The maximum atomic E-state index is 9.47. The zero-order valence-electron chi connectivity index (χ0n) is 6.68. The number of aromatic nitrogens is 2. The first-order valence-corrected chi connectivity index (χ1v) is 4.14. The first-order chi connectivity index (χ1) is 6.27. The predicted octanol–water partition coefficient (Wildman–Crippen LogP) is 2.23. The first-order valence-electron chi connectivity index (χ1n) is 3.76. The Hall–Kier alpha value is -1.48. The van der Waals surface area contributed by atoms with Gasteiger partial charge in [0.2, 0.25) is 0 Å². The molecule has 0 aliphatic heterocycles. The third-order valence-corrected chi connectivity index (χ3v) is 1.87. The molecule has 0 saturated carbocycles. The van der Waals surface area contributed by atoms with Gasteiger partial charge in [0.15, 0.2) is 0 Å². The van der Waals surface area contributed by atoms with Crippen molar-refractivity contribution in [2.45, 2.75) is 0 Å². The molecule has 0 amide bonds. The summed E-state index contributed by atoms with van der Waals surface area (Å²) in [5.74, 6) is 0.183. The Morgan fingerprint density at radius 3 is 2.69 bits per heavy atom. The molecule has 4 heteroatoms. The van der Waals surface area contributed by atoms with E-state index < -0.39 is 0 Å². The Morgan fingerprint density at radius 2 is 2.08 bits per heavy atom. The van der Waals surface area contributed by atoms with Crippen molar-refractivity contribution in [2.24, 2.45) is 0 Å². The highest BCUT2D eigenvalue weighted by atomic mass is 35.5. The lowest BCUT2D eigenvalue weighted by molar-refractivity contribution is 0.470. The molecule has 1 aromatic carbocycles. The molecule has 0 fully saturated rings. The molecule has 0 aliphatic rings. The fourth-order valence-corrected chi connectivity index (χ4v) is 1.23. The van der Waals surface area contributed by atoms with Crippen molar-refractivity contribution < 1.29 is 5.11 Å². The summed E-state index contributed by atoms with van der Waals surface area (Å²) in [6.45, 7) is 0. The molecule has 0 aliphatic carbocycles. The minimum atomic E-state index is 0.183. The standard InChI is InChI=1S/C9H7ClN2O/c10-7-5-11-12(6-7)8-3-1-2-4-9(8)13/h1-6,13H. The molecule has 66 valence electrons. The van der Waals surface area contributed by atoms with Crippen LogP contribution in [0.3, 0.4) is 0 Å². The number of para-hydroxylation sites is 2. The Balaban J connectivity index is 2.52. The average Bonchev–Trinajstić information content (AvgIpc) is 2.53. The Labute approximate surface area is 80.2 Å². The van der Waals surface area contributed by atoms with Gasteiger partial charge in [0.1, 0.15) is 11.4 Å². The third-order valence-electron chi connectivity index (χ3n) is 1.68. The van der Waals surface area contributed by atoms with Crippen LogP contribution in [-0.2, 0) is 0 Å². The number of hydrogen-bond donors (Lipinski definition) is 1. The molecule has 0 bridgehead atoms. The van der Waals surface area contributed by atoms with Crippen LogP contribution in [-0.4, -0.2) is 14.9 Å². The SMILES string of the molecule is Oc1ccccc1-n1cc(Cl)cn1. The average molecular weight is 195 g/mol. The molecule has 0 saturated heterocycles. The summed E-state index contributed by atoms with van der Waals surface area (Å²) in [6, 6.07) is 6.94. The van der Waals surface area contributed by atoms with Crippen molar-refractivity contribution in [3.05, 3.63) is 41.7 Å². The molecule has 0 spiro atoms. The maximum absolute atomic E-state index is 9.47. The number of phenols is 1. The third kappa shape index (κ3) is 1.51. The minimum absolute atomic E-state index is 0.183. The van der Waals surface area contributed by atoms with E-state index in [9.17, 15) is 5.11 Å². The smallest absolute Gasteiger partial charge is 0.141 e. The molecular formula is C9H7ClN2O. The largest absolute Gasteiger partial charge is 0.506 e. The lowest BCUT2D eigenvalue weighted by Crippen LogP contribution is -1.93. The Bertz CT molecular complexity index is 425. The highest BCUT2D eigenvalue weighted by Gasteiger charge is 2.02. The normalized spacial score (nSPS) is 10.2. The van der Waals surface area contributed by atoms with Gasteiger partial charge in [-0.15, -0.1) is 0 Å². The highest BCUT2D eigenvalue weighted by molar-refractivity contribution is 6.30. The van der Waals surface area contributed by atoms with Gasteiger partial charge in [-0.1, -0.05) is 23.7 Å². The van der Waals surface area contributed by atoms with Crippen molar-refractivity contribution in [1.82, 2.24) is 9.78 Å². The monoisotopic (exact) mass is 194 g/mol. The van der Waals surface area contributed by atoms with Crippen molar-refractivity contribution in [3.8, 4) is 11.4 Å². The van der Waals surface area contributed by atoms with E-state index in [1.165, 1.54) is 10.9 Å². The van der Waals surface area contributed by atoms with Gasteiger partial charge in [-0.05, 0) is 12.1 Å². The predicted molar refractivity (Wildman–Crippen MR) is 50.2 cm³/mol. The summed E-state index contributed by atoms with van der Waals surface area (Å²) >= 11 is 5.70. The van der Waals surface area contributed by atoms with Gasteiger partial charge in [0.25, 0.3) is 0 Å². The second-order valence-electron chi connectivity index (χ2n) is 2.59. The molecule has 0 unspecified atom stereocenters. The molecule has 1 aromatic heterocycles. The van der Waals surface area contributed by atoms with Crippen LogP contribution in [0.15, 0.2) is 36.7 Å². The molecule has 2 aromatic rings. The molecule has 0 atom stereocenters. The van der Waals surface area contributed by atoms with Crippen LogP contribution in [0.4, 0.5) is 0 Å². The van der Waals surface area contributed by atoms with E-state index in [1.54, 1.807) is 24.4 Å². The van der Waals surface area contributed by atoms with E-state index >= 15 is 0 Å². The topological polar surface area (TPSA) is 38.0 Å². The van der Waals surface area contributed by atoms with Crippen LogP contribution >= 0.6 is 11.6 Å². The zero-order chi connectivity index (χ0) is 9.26. The molecule has 1 N–H and O–H groups in total. The molecule has 3 nitrogen and oxygen atoms in total. The van der Waals surface area contributed by atoms with E-state index in [2.05, 4.69) is 5.10 Å². The van der Waals surface area contributed by atoms with E-state index in [0.29, 0.717) is 10.7 Å². The fourth-order valence-electron chi connectivity index (χ4n) is 1.09. The first kappa shape index (κ1) is 8.13. The number of phenolic OH excluding ortho intramolecular Hbond substituents is 1. The summed E-state index contributed by atoms with van der Waals surface area (Å²) in [4.78, 5) is 0. The van der Waals surface area contributed by atoms with Crippen LogP contribution < -0.4 is 0 Å².